The SMILES string of the molecule is CCNC(=NCc1cccc(N2CCCC2=O)c1)NC1CC2CCC1O2. The topological polar surface area (TPSA) is 66.0 Å². The molecule has 1 aromatic rings. The first kappa shape index (κ1) is 17.3. The van der Waals surface area contributed by atoms with Crippen molar-refractivity contribution in [2.75, 3.05) is 18.0 Å². The fourth-order valence-corrected chi connectivity index (χ4v) is 4.20. The van der Waals surface area contributed by atoms with Crippen LogP contribution in [0.3, 0.4) is 0 Å². The number of fused-ring (bicyclic) bond motifs is 2. The zero-order valence-corrected chi connectivity index (χ0v) is 15.4. The van der Waals surface area contributed by atoms with Gasteiger partial charge in [0.15, 0.2) is 5.96 Å². The molecule has 3 unspecified atom stereocenters. The van der Waals surface area contributed by atoms with Crippen LogP contribution in [0.15, 0.2) is 29.3 Å². The van der Waals surface area contributed by atoms with Gasteiger partial charge in [0.1, 0.15) is 0 Å². The number of benzene rings is 1. The van der Waals surface area contributed by atoms with Gasteiger partial charge in [-0.2, -0.15) is 0 Å². The molecule has 6 nitrogen and oxygen atoms in total. The number of rotatable bonds is 5. The lowest BCUT2D eigenvalue weighted by atomic mass is 9.96. The summed E-state index contributed by atoms with van der Waals surface area (Å²) in [5.41, 5.74) is 2.10. The van der Waals surface area contributed by atoms with Crippen LogP contribution in [0.4, 0.5) is 5.69 Å². The molecule has 0 aliphatic carbocycles. The van der Waals surface area contributed by atoms with Gasteiger partial charge >= 0.3 is 0 Å². The summed E-state index contributed by atoms with van der Waals surface area (Å²) in [6.07, 6.45) is 5.76. The van der Waals surface area contributed by atoms with Crippen LogP contribution >= 0.6 is 0 Å². The van der Waals surface area contributed by atoms with Gasteiger partial charge in [0.2, 0.25) is 5.91 Å². The second-order valence-electron chi connectivity index (χ2n) is 7.37. The van der Waals surface area contributed by atoms with Crippen LogP contribution < -0.4 is 15.5 Å². The molecular formula is C20H28N4O2. The van der Waals surface area contributed by atoms with Gasteiger partial charge in [-0.05, 0) is 50.3 Å². The monoisotopic (exact) mass is 356 g/mol. The first-order valence-corrected chi connectivity index (χ1v) is 9.82. The van der Waals surface area contributed by atoms with E-state index in [4.69, 9.17) is 9.73 Å². The van der Waals surface area contributed by atoms with Crippen molar-refractivity contribution in [1.82, 2.24) is 10.6 Å². The lowest BCUT2D eigenvalue weighted by Crippen LogP contribution is -2.47. The van der Waals surface area contributed by atoms with E-state index >= 15 is 0 Å². The van der Waals surface area contributed by atoms with Crippen molar-refractivity contribution in [3.8, 4) is 0 Å². The number of aliphatic imine (C=N–C) groups is 1. The molecule has 1 amide bonds. The van der Waals surface area contributed by atoms with Gasteiger partial charge in [-0.1, -0.05) is 12.1 Å². The van der Waals surface area contributed by atoms with Crippen molar-refractivity contribution < 1.29 is 9.53 Å². The smallest absolute Gasteiger partial charge is 0.227 e. The molecule has 140 valence electrons. The minimum absolute atomic E-state index is 0.219. The maximum absolute atomic E-state index is 12.0. The summed E-state index contributed by atoms with van der Waals surface area (Å²) in [5.74, 6) is 1.06. The van der Waals surface area contributed by atoms with E-state index in [2.05, 4.69) is 29.7 Å². The zero-order chi connectivity index (χ0) is 17.9. The molecule has 3 saturated heterocycles. The predicted molar refractivity (Wildman–Crippen MR) is 102 cm³/mol. The third-order valence-electron chi connectivity index (χ3n) is 5.49. The number of nitrogens with zero attached hydrogens (tertiary/aromatic N) is 2. The van der Waals surface area contributed by atoms with Crippen LogP contribution in [0.5, 0.6) is 0 Å². The van der Waals surface area contributed by atoms with Crippen molar-refractivity contribution >= 4 is 17.6 Å². The molecule has 0 spiro atoms. The zero-order valence-electron chi connectivity index (χ0n) is 15.4. The van der Waals surface area contributed by atoms with Gasteiger partial charge in [-0.3, -0.25) is 4.79 Å². The molecule has 26 heavy (non-hydrogen) atoms. The Morgan fingerprint density at radius 2 is 2.31 bits per heavy atom. The molecule has 0 radical (unpaired) electrons. The number of carbonyl (C=O) groups excluding carboxylic acids is 1. The first-order chi connectivity index (χ1) is 12.7. The van der Waals surface area contributed by atoms with Gasteiger partial charge in [0.25, 0.3) is 0 Å². The first-order valence-electron chi connectivity index (χ1n) is 9.82. The molecule has 1 aromatic carbocycles. The predicted octanol–water partition coefficient (Wildman–Crippen LogP) is 2.19. The quantitative estimate of drug-likeness (QED) is 0.627. The van der Waals surface area contributed by atoms with Crippen LogP contribution in [0.25, 0.3) is 0 Å². The standard InChI is InChI=1S/C20H28N4O2/c1-2-21-20(23-17-12-16-8-9-18(17)26-16)22-13-14-5-3-6-15(11-14)24-10-4-7-19(24)25/h3,5-6,11,16-18H,2,4,7-10,12-13H2,1H3,(H2,21,22,23). The molecule has 2 bridgehead atoms. The second kappa shape index (κ2) is 7.66. The van der Waals surface area contributed by atoms with Crippen molar-refractivity contribution in [3.63, 3.8) is 0 Å². The minimum atomic E-state index is 0.219. The Labute approximate surface area is 155 Å². The number of hydrogen-bond acceptors (Lipinski definition) is 3. The van der Waals surface area contributed by atoms with E-state index in [1.54, 1.807) is 0 Å². The number of guanidine groups is 1. The third kappa shape index (κ3) is 3.70. The fraction of sp³-hybridized carbons (Fsp3) is 0.600. The number of hydrogen-bond donors (Lipinski definition) is 2. The highest BCUT2D eigenvalue weighted by molar-refractivity contribution is 5.95. The molecule has 0 saturated carbocycles. The molecule has 6 heteroatoms. The maximum atomic E-state index is 12.0. The van der Waals surface area contributed by atoms with Gasteiger partial charge in [0, 0.05) is 25.2 Å². The van der Waals surface area contributed by atoms with Gasteiger partial charge in [-0.15, -0.1) is 0 Å². The number of anilines is 1. The van der Waals surface area contributed by atoms with E-state index in [1.807, 2.05) is 17.0 Å². The fourth-order valence-electron chi connectivity index (χ4n) is 4.20. The molecule has 3 aliphatic heterocycles. The summed E-state index contributed by atoms with van der Waals surface area (Å²) in [7, 11) is 0. The summed E-state index contributed by atoms with van der Waals surface area (Å²) in [6.45, 7) is 4.32. The van der Waals surface area contributed by atoms with E-state index in [0.717, 1.165) is 49.6 Å². The Morgan fingerprint density at radius 3 is 3.00 bits per heavy atom. The van der Waals surface area contributed by atoms with Crippen molar-refractivity contribution in [2.24, 2.45) is 4.99 Å². The Morgan fingerprint density at radius 1 is 1.38 bits per heavy atom. The number of amides is 1. The van der Waals surface area contributed by atoms with E-state index in [-0.39, 0.29) is 5.91 Å². The lowest BCUT2D eigenvalue weighted by molar-refractivity contribution is -0.117. The molecule has 3 fully saturated rings. The summed E-state index contributed by atoms with van der Waals surface area (Å²) in [4.78, 5) is 18.6. The summed E-state index contributed by atoms with van der Waals surface area (Å²) in [5, 5.41) is 6.88. The Kier molecular flexibility index (Phi) is 5.11. The van der Waals surface area contributed by atoms with Crippen LogP contribution in [0.1, 0.15) is 44.6 Å². The Bertz CT molecular complexity index is 690. The molecular weight excluding hydrogens is 328 g/mol. The lowest BCUT2D eigenvalue weighted by Gasteiger charge is -2.22. The average molecular weight is 356 g/mol. The molecule has 0 aromatic heterocycles. The number of nitrogens with one attached hydrogen (secondary N) is 2. The number of carbonyl (C=O) groups is 1. The Balaban J connectivity index is 1.42. The molecule has 3 atom stereocenters. The third-order valence-corrected chi connectivity index (χ3v) is 5.49. The summed E-state index contributed by atoms with van der Waals surface area (Å²) in [6, 6.07) is 8.52. The van der Waals surface area contributed by atoms with Crippen molar-refractivity contribution in [2.45, 2.75) is 63.8 Å². The van der Waals surface area contributed by atoms with Gasteiger partial charge < -0.3 is 20.3 Å². The van der Waals surface area contributed by atoms with Crippen LogP contribution in [-0.4, -0.2) is 43.2 Å². The summed E-state index contributed by atoms with van der Waals surface area (Å²) < 4.78 is 5.93. The molecule has 3 aliphatic rings. The van der Waals surface area contributed by atoms with E-state index < -0.39 is 0 Å². The maximum Gasteiger partial charge on any atom is 0.227 e. The van der Waals surface area contributed by atoms with Crippen LogP contribution in [0.2, 0.25) is 0 Å². The summed E-state index contributed by atoms with van der Waals surface area (Å²) >= 11 is 0. The van der Waals surface area contributed by atoms with Crippen LogP contribution in [0, 0.1) is 0 Å². The molecule has 2 N–H and O–H groups in total. The average Bonchev–Trinajstić information content (AvgIpc) is 3.37. The van der Waals surface area contributed by atoms with Gasteiger partial charge in [-0.25, -0.2) is 4.99 Å². The van der Waals surface area contributed by atoms with Crippen molar-refractivity contribution in [1.29, 1.82) is 0 Å². The highest BCUT2D eigenvalue weighted by Gasteiger charge is 2.41. The molecule has 3 heterocycles. The normalized spacial score (nSPS) is 28.0. The van der Waals surface area contributed by atoms with E-state index in [0.29, 0.717) is 31.2 Å². The molecule has 4 rings (SSSR count). The highest BCUT2D eigenvalue weighted by Crippen LogP contribution is 2.34. The second-order valence-corrected chi connectivity index (χ2v) is 7.37. The highest BCUT2D eigenvalue weighted by atomic mass is 16.5. The number of ether oxygens (including phenoxy) is 1. The van der Waals surface area contributed by atoms with E-state index in [1.165, 1.54) is 6.42 Å². The van der Waals surface area contributed by atoms with Crippen LogP contribution in [-0.2, 0) is 16.1 Å². The van der Waals surface area contributed by atoms with Crippen molar-refractivity contribution in [3.05, 3.63) is 29.8 Å². The Hall–Kier alpha value is -2.08. The van der Waals surface area contributed by atoms with Gasteiger partial charge in [0.05, 0.1) is 24.8 Å². The minimum Gasteiger partial charge on any atom is -0.373 e. The largest absolute Gasteiger partial charge is 0.373 e. The van der Waals surface area contributed by atoms with E-state index in [9.17, 15) is 4.79 Å².